The molecule has 0 aliphatic carbocycles. The van der Waals surface area contributed by atoms with E-state index < -0.39 is 0 Å². The zero-order valence-electron chi connectivity index (χ0n) is 16.7. The van der Waals surface area contributed by atoms with Crippen LogP contribution < -0.4 is 14.8 Å². The molecule has 0 radical (unpaired) electrons. The Balaban J connectivity index is 1.86. The maximum Gasteiger partial charge on any atom is 0.165 e. The highest BCUT2D eigenvalue weighted by Gasteiger charge is 2.18. The van der Waals surface area contributed by atoms with Gasteiger partial charge in [-0.3, -0.25) is 0 Å². The first kappa shape index (κ1) is 19.1. The number of fused-ring (bicyclic) bond motifs is 1. The van der Waals surface area contributed by atoms with Crippen molar-refractivity contribution in [2.45, 2.75) is 13.8 Å². The zero-order chi connectivity index (χ0) is 20.5. The third-order valence-electron chi connectivity index (χ3n) is 4.68. The predicted octanol–water partition coefficient (Wildman–Crippen LogP) is 5.43. The quantitative estimate of drug-likeness (QED) is 0.477. The van der Waals surface area contributed by atoms with Gasteiger partial charge in [-0.15, -0.1) is 0 Å². The smallest absolute Gasteiger partial charge is 0.165 e. The van der Waals surface area contributed by atoms with Crippen molar-refractivity contribution in [3.05, 3.63) is 64.9 Å². The molecule has 6 nitrogen and oxygen atoms in total. The molecular weight excluding hydrogens is 388 g/mol. The third-order valence-corrected chi connectivity index (χ3v) is 4.93. The molecule has 0 bridgehead atoms. The van der Waals surface area contributed by atoms with Crippen molar-refractivity contribution in [3.8, 4) is 22.6 Å². The molecule has 29 heavy (non-hydrogen) atoms. The number of hydrogen-bond acceptors (Lipinski definition) is 5. The van der Waals surface area contributed by atoms with Crippen molar-refractivity contribution in [2.24, 2.45) is 0 Å². The van der Waals surface area contributed by atoms with E-state index in [1.165, 1.54) is 0 Å². The molecule has 0 aliphatic rings. The topological polar surface area (TPSA) is 60.7 Å². The van der Waals surface area contributed by atoms with E-state index in [2.05, 4.69) is 5.32 Å². The highest BCUT2D eigenvalue weighted by atomic mass is 35.5. The van der Waals surface area contributed by atoms with Crippen molar-refractivity contribution in [3.63, 3.8) is 0 Å². The molecule has 0 amide bonds. The molecule has 0 unspecified atom stereocenters. The van der Waals surface area contributed by atoms with Gasteiger partial charge < -0.3 is 14.8 Å². The number of halogens is 1. The monoisotopic (exact) mass is 408 g/mol. The standard InChI is InChI=1S/C22H21ClN4O2/c1-13-11-20(25-17-8-6-16(23)7-9-17)27-22(24-13)21(14(2)26-27)15-5-10-18(28-3)19(12-15)29-4/h5-12,25H,1-4H3. The second-order valence-corrected chi connectivity index (χ2v) is 7.12. The molecule has 4 aromatic rings. The van der Waals surface area contributed by atoms with Crippen LogP contribution in [0.3, 0.4) is 0 Å². The number of hydrogen-bond donors (Lipinski definition) is 1. The SMILES string of the molecule is COc1ccc(-c2c(C)nn3c(Nc4ccc(Cl)cc4)cc(C)nc23)cc1OC. The number of anilines is 2. The molecule has 1 N–H and O–H groups in total. The largest absolute Gasteiger partial charge is 0.493 e. The Hall–Kier alpha value is -3.25. The first-order valence-corrected chi connectivity index (χ1v) is 9.50. The van der Waals surface area contributed by atoms with Gasteiger partial charge in [0.25, 0.3) is 0 Å². The van der Waals surface area contributed by atoms with Crippen LogP contribution in [-0.4, -0.2) is 28.8 Å². The maximum atomic E-state index is 6.00. The lowest BCUT2D eigenvalue weighted by molar-refractivity contribution is 0.355. The van der Waals surface area contributed by atoms with E-state index in [4.69, 9.17) is 31.2 Å². The van der Waals surface area contributed by atoms with Crippen molar-refractivity contribution >= 4 is 28.8 Å². The molecule has 4 rings (SSSR count). The zero-order valence-corrected chi connectivity index (χ0v) is 17.4. The summed E-state index contributed by atoms with van der Waals surface area (Å²) in [5.41, 5.74) is 5.36. The van der Waals surface area contributed by atoms with Crippen LogP contribution in [0.25, 0.3) is 16.8 Å². The fraction of sp³-hybridized carbons (Fsp3) is 0.182. The Morgan fingerprint density at radius 1 is 0.931 bits per heavy atom. The summed E-state index contributed by atoms with van der Waals surface area (Å²) in [6.45, 7) is 3.94. The summed E-state index contributed by atoms with van der Waals surface area (Å²) in [5.74, 6) is 2.17. The molecule has 0 saturated carbocycles. The Labute approximate surface area is 174 Å². The van der Waals surface area contributed by atoms with Crippen LogP contribution in [-0.2, 0) is 0 Å². The summed E-state index contributed by atoms with van der Waals surface area (Å²) >= 11 is 6.00. The number of nitrogens with one attached hydrogen (secondary N) is 1. The minimum Gasteiger partial charge on any atom is -0.493 e. The fourth-order valence-electron chi connectivity index (χ4n) is 3.34. The summed E-state index contributed by atoms with van der Waals surface area (Å²) in [5, 5.41) is 8.83. The van der Waals surface area contributed by atoms with Gasteiger partial charge in [0.1, 0.15) is 5.82 Å². The van der Waals surface area contributed by atoms with E-state index in [0.717, 1.165) is 39.7 Å². The first-order valence-electron chi connectivity index (χ1n) is 9.12. The number of methoxy groups -OCH3 is 2. The van der Waals surface area contributed by atoms with Crippen molar-refractivity contribution in [1.82, 2.24) is 14.6 Å². The van der Waals surface area contributed by atoms with Gasteiger partial charge >= 0.3 is 0 Å². The average molecular weight is 409 g/mol. The highest BCUT2D eigenvalue weighted by Crippen LogP contribution is 2.36. The van der Waals surface area contributed by atoms with Crippen LogP contribution in [0.5, 0.6) is 11.5 Å². The van der Waals surface area contributed by atoms with Crippen LogP contribution >= 0.6 is 11.6 Å². The summed E-state index contributed by atoms with van der Waals surface area (Å²) in [7, 11) is 3.25. The summed E-state index contributed by atoms with van der Waals surface area (Å²) < 4.78 is 12.6. The van der Waals surface area contributed by atoms with E-state index in [1.54, 1.807) is 14.2 Å². The normalized spacial score (nSPS) is 10.9. The van der Waals surface area contributed by atoms with Gasteiger partial charge in [0.15, 0.2) is 17.1 Å². The van der Waals surface area contributed by atoms with Crippen LogP contribution in [0, 0.1) is 13.8 Å². The van der Waals surface area contributed by atoms with Gasteiger partial charge in [0.2, 0.25) is 0 Å². The predicted molar refractivity (Wildman–Crippen MR) is 116 cm³/mol. The number of rotatable bonds is 5. The number of benzene rings is 2. The first-order chi connectivity index (χ1) is 14.0. The fourth-order valence-corrected chi connectivity index (χ4v) is 3.47. The Morgan fingerprint density at radius 2 is 1.66 bits per heavy atom. The summed E-state index contributed by atoms with van der Waals surface area (Å²) in [6.07, 6.45) is 0. The average Bonchev–Trinajstić information content (AvgIpc) is 3.05. The molecule has 2 aromatic heterocycles. The van der Waals surface area contributed by atoms with Gasteiger partial charge in [0.05, 0.1) is 19.9 Å². The van der Waals surface area contributed by atoms with Crippen LogP contribution in [0.4, 0.5) is 11.5 Å². The molecule has 2 heterocycles. The van der Waals surface area contributed by atoms with Crippen molar-refractivity contribution in [1.29, 1.82) is 0 Å². The maximum absolute atomic E-state index is 6.00. The third kappa shape index (κ3) is 3.59. The van der Waals surface area contributed by atoms with E-state index in [9.17, 15) is 0 Å². The molecule has 0 spiro atoms. The van der Waals surface area contributed by atoms with E-state index in [0.29, 0.717) is 16.5 Å². The molecule has 0 atom stereocenters. The van der Waals surface area contributed by atoms with Gasteiger partial charge in [-0.2, -0.15) is 9.61 Å². The van der Waals surface area contributed by atoms with Gasteiger partial charge in [0, 0.05) is 28.0 Å². The van der Waals surface area contributed by atoms with Gasteiger partial charge in [-0.25, -0.2) is 4.98 Å². The second-order valence-electron chi connectivity index (χ2n) is 6.68. The van der Waals surface area contributed by atoms with Crippen LogP contribution in [0.1, 0.15) is 11.4 Å². The van der Waals surface area contributed by atoms with E-state index in [1.807, 2.05) is 66.9 Å². The lowest BCUT2D eigenvalue weighted by Crippen LogP contribution is -2.02. The Morgan fingerprint density at radius 3 is 2.34 bits per heavy atom. The van der Waals surface area contributed by atoms with Crippen molar-refractivity contribution in [2.75, 3.05) is 19.5 Å². The lowest BCUT2D eigenvalue weighted by atomic mass is 10.1. The summed E-state index contributed by atoms with van der Waals surface area (Å²) in [6, 6.07) is 15.3. The number of aromatic nitrogens is 3. The van der Waals surface area contributed by atoms with Gasteiger partial charge in [-0.1, -0.05) is 17.7 Å². The molecule has 0 saturated heterocycles. The lowest BCUT2D eigenvalue weighted by Gasteiger charge is -2.11. The minimum atomic E-state index is 0.663. The molecule has 2 aromatic carbocycles. The molecule has 0 aliphatic heterocycles. The van der Waals surface area contributed by atoms with E-state index in [-0.39, 0.29) is 0 Å². The van der Waals surface area contributed by atoms with Crippen LogP contribution in [0.15, 0.2) is 48.5 Å². The van der Waals surface area contributed by atoms with Gasteiger partial charge in [-0.05, 0) is 55.8 Å². The summed E-state index contributed by atoms with van der Waals surface area (Å²) in [4.78, 5) is 4.75. The van der Waals surface area contributed by atoms with Crippen LogP contribution in [0.2, 0.25) is 5.02 Å². The number of nitrogens with zero attached hydrogens (tertiary/aromatic N) is 3. The number of ether oxygens (including phenoxy) is 2. The number of aryl methyl sites for hydroxylation is 2. The highest BCUT2D eigenvalue weighted by molar-refractivity contribution is 6.30. The molecular formula is C22H21ClN4O2. The van der Waals surface area contributed by atoms with Crippen molar-refractivity contribution < 1.29 is 9.47 Å². The molecule has 148 valence electrons. The Bertz CT molecular complexity index is 1190. The molecule has 7 heteroatoms. The Kier molecular flexibility index (Phi) is 5.03. The molecule has 0 fully saturated rings. The van der Waals surface area contributed by atoms with E-state index >= 15 is 0 Å². The minimum absolute atomic E-state index is 0.663. The second kappa shape index (κ2) is 7.64.